The maximum absolute atomic E-state index is 13.3. The third-order valence-corrected chi connectivity index (χ3v) is 4.67. The number of fused-ring (bicyclic) bond motifs is 1. The largest absolute Gasteiger partial charge is 0.506 e. The van der Waals surface area contributed by atoms with Crippen molar-refractivity contribution in [2.24, 2.45) is 0 Å². The Kier molecular flexibility index (Phi) is 3.98. The summed E-state index contributed by atoms with van der Waals surface area (Å²) in [7, 11) is 0. The molecule has 0 unspecified atom stereocenters. The van der Waals surface area contributed by atoms with E-state index in [9.17, 15) is 14.6 Å². The summed E-state index contributed by atoms with van der Waals surface area (Å²) in [6.07, 6.45) is 0. The summed E-state index contributed by atoms with van der Waals surface area (Å²) >= 11 is 12.3. The Balaban J connectivity index is 1.86. The fourth-order valence-corrected chi connectivity index (χ4v) is 3.18. The quantitative estimate of drug-likeness (QED) is 0.473. The number of nitrogens with zero attached hydrogens (tertiary/aromatic N) is 2. The van der Waals surface area contributed by atoms with Gasteiger partial charge in [0.1, 0.15) is 5.75 Å². The van der Waals surface area contributed by atoms with E-state index in [0.717, 1.165) is 11.1 Å². The summed E-state index contributed by atoms with van der Waals surface area (Å²) in [6.45, 7) is 0. The molecule has 0 atom stereocenters. The predicted octanol–water partition coefficient (Wildman–Crippen LogP) is 5.55. The van der Waals surface area contributed by atoms with Crippen molar-refractivity contribution in [3.63, 3.8) is 0 Å². The van der Waals surface area contributed by atoms with Gasteiger partial charge in [-0.1, -0.05) is 35.3 Å². The zero-order valence-electron chi connectivity index (χ0n) is 13.1. The lowest BCUT2D eigenvalue weighted by Crippen LogP contribution is -1.96. The third kappa shape index (κ3) is 2.75. The number of halogens is 3. The molecule has 0 radical (unpaired) electrons. The Morgan fingerprint density at radius 2 is 1.58 bits per heavy atom. The fraction of sp³-hybridized carbons (Fsp3) is 0. The highest BCUT2D eigenvalue weighted by Crippen LogP contribution is 2.34. The van der Waals surface area contributed by atoms with Crippen molar-refractivity contribution >= 4 is 34.1 Å². The van der Waals surface area contributed by atoms with Crippen LogP contribution in [0.4, 0.5) is 4.39 Å². The van der Waals surface area contributed by atoms with Gasteiger partial charge in [-0.2, -0.15) is 5.10 Å². The number of phenols is 2. The molecule has 0 spiro atoms. The van der Waals surface area contributed by atoms with E-state index < -0.39 is 11.6 Å². The number of phenolic OH excluding ortho intramolecular Hbond substituents is 2. The number of benzene rings is 3. The number of aromatic nitrogens is 2. The summed E-state index contributed by atoms with van der Waals surface area (Å²) in [5, 5.41) is 24.7. The summed E-state index contributed by atoms with van der Waals surface area (Å²) in [5.41, 5.74) is 2.86. The number of hydrogen-bond donors (Lipinski definition) is 2. The summed E-state index contributed by atoms with van der Waals surface area (Å²) in [4.78, 5) is 0. The zero-order chi connectivity index (χ0) is 18.4. The molecule has 7 heteroatoms. The molecule has 3 aromatic carbocycles. The molecule has 0 amide bonds. The summed E-state index contributed by atoms with van der Waals surface area (Å²) < 4.78 is 14.8. The van der Waals surface area contributed by atoms with Crippen LogP contribution in [0.3, 0.4) is 0 Å². The highest BCUT2D eigenvalue weighted by atomic mass is 35.5. The van der Waals surface area contributed by atoms with Crippen molar-refractivity contribution in [3.05, 3.63) is 70.6 Å². The molecule has 0 aliphatic heterocycles. The van der Waals surface area contributed by atoms with Crippen LogP contribution < -0.4 is 0 Å². The first-order valence-corrected chi connectivity index (χ1v) is 8.36. The molecule has 1 aromatic heterocycles. The second-order valence-electron chi connectivity index (χ2n) is 5.74. The van der Waals surface area contributed by atoms with Gasteiger partial charge < -0.3 is 10.2 Å². The molecule has 26 heavy (non-hydrogen) atoms. The second-order valence-corrected chi connectivity index (χ2v) is 6.50. The first-order valence-electron chi connectivity index (χ1n) is 7.60. The molecule has 0 aliphatic carbocycles. The standard InChI is InChI=1S/C19H11Cl2FN2O2/c20-14-8-11(2-6-17(14)25)10-1-5-16-13(7-10)19(21)23-24(16)12-3-4-15(22)18(26)9-12/h1-9,25-26H. The third-order valence-electron chi connectivity index (χ3n) is 4.09. The molecule has 4 rings (SSSR count). The lowest BCUT2D eigenvalue weighted by Gasteiger charge is -2.06. The Morgan fingerprint density at radius 1 is 0.846 bits per heavy atom. The molecule has 0 fully saturated rings. The van der Waals surface area contributed by atoms with Crippen LogP contribution in [0.1, 0.15) is 0 Å². The van der Waals surface area contributed by atoms with Crippen LogP contribution >= 0.6 is 23.2 Å². The summed E-state index contributed by atoms with van der Waals surface area (Å²) in [6, 6.07) is 14.4. The Bertz CT molecular complexity index is 1160. The highest BCUT2D eigenvalue weighted by Gasteiger charge is 2.13. The SMILES string of the molecule is Oc1cc(-n2nc(Cl)c3cc(-c4ccc(O)c(Cl)c4)ccc32)ccc1F. The zero-order valence-corrected chi connectivity index (χ0v) is 14.6. The van der Waals surface area contributed by atoms with E-state index in [2.05, 4.69) is 5.10 Å². The molecule has 0 saturated carbocycles. The van der Waals surface area contributed by atoms with E-state index in [4.69, 9.17) is 23.2 Å². The van der Waals surface area contributed by atoms with Gasteiger partial charge in [0.25, 0.3) is 0 Å². The van der Waals surface area contributed by atoms with Gasteiger partial charge in [-0.15, -0.1) is 0 Å². The van der Waals surface area contributed by atoms with E-state index >= 15 is 0 Å². The van der Waals surface area contributed by atoms with Crippen LogP contribution in [0.2, 0.25) is 10.2 Å². The molecule has 2 N–H and O–H groups in total. The van der Waals surface area contributed by atoms with Crippen LogP contribution in [0, 0.1) is 5.82 Å². The van der Waals surface area contributed by atoms with E-state index in [1.54, 1.807) is 12.1 Å². The molecule has 130 valence electrons. The number of aromatic hydroxyl groups is 2. The van der Waals surface area contributed by atoms with Crippen molar-refractivity contribution in [2.45, 2.75) is 0 Å². The van der Waals surface area contributed by atoms with Crippen LogP contribution in [-0.2, 0) is 0 Å². The maximum atomic E-state index is 13.3. The first-order chi connectivity index (χ1) is 12.4. The topological polar surface area (TPSA) is 58.3 Å². The normalized spacial score (nSPS) is 11.2. The lowest BCUT2D eigenvalue weighted by atomic mass is 10.0. The first kappa shape index (κ1) is 16.7. The van der Waals surface area contributed by atoms with Crippen LogP contribution in [-0.4, -0.2) is 20.0 Å². The predicted molar refractivity (Wildman–Crippen MR) is 99.8 cm³/mol. The minimum atomic E-state index is -0.706. The number of rotatable bonds is 2. The highest BCUT2D eigenvalue weighted by molar-refractivity contribution is 6.34. The average Bonchev–Trinajstić information content (AvgIpc) is 2.96. The van der Waals surface area contributed by atoms with E-state index in [1.807, 2.05) is 18.2 Å². The van der Waals surface area contributed by atoms with E-state index in [0.29, 0.717) is 16.6 Å². The molecule has 0 bridgehead atoms. The van der Waals surface area contributed by atoms with Crippen LogP contribution in [0.15, 0.2) is 54.6 Å². The Labute approximate surface area is 157 Å². The van der Waals surface area contributed by atoms with E-state index in [-0.39, 0.29) is 15.9 Å². The Morgan fingerprint density at radius 3 is 2.31 bits per heavy atom. The van der Waals surface area contributed by atoms with E-state index in [1.165, 1.54) is 28.9 Å². The van der Waals surface area contributed by atoms with Gasteiger partial charge in [0.15, 0.2) is 16.7 Å². The molecular formula is C19H11Cl2FN2O2. The van der Waals surface area contributed by atoms with Crippen molar-refractivity contribution in [1.82, 2.24) is 9.78 Å². The van der Waals surface area contributed by atoms with Crippen molar-refractivity contribution < 1.29 is 14.6 Å². The van der Waals surface area contributed by atoms with Gasteiger partial charge in [-0.05, 0) is 47.5 Å². The van der Waals surface area contributed by atoms with Gasteiger partial charge >= 0.3 is 0 Å². The monoisotopic (exact) mass is 388 g/mol. The van der Waals surface area contributed by atoms with Crippen LogP contribution in [0.25, 0.3) is 27.7 Å². The fourth-order valence-electron chi connectivity index (χ4n) is 2.78. The molecule has 1 heterocycles. The lowest BCUT2D eigenvalue weighted by molar-refractivity contribution is 0.432. The Hall–Kier alpha value is -2.76. The van der Waals surface area contributed by atoms with Crippen molar-refractivity contribution in [1.29, 1.82) is 0 Å². The van der Waals surface area contributed by atoms with Crippen LogP contribution in [0.5, 0.6) is 11.5 Å². The maximum Gasteiger partial charge on any atom is 0.164 e. The minimum Gasteiger partial charge on any atom is -0.506 e. The molecule has 4 aromatic rings. The van der Waals surface area contributed by atoms with Gasteiger partial charge in [0, 0.05) is 11.5 Å². The van der Waals surface area contributed by atoms with Crippen molar-refractivity contribution in [2.75, 3.05) is 0 Å². The minimum absolute atomic E-state index is 0.0125. The molecular weight excluding hydrogens is 378 g/mol. The van der Waals surface area contributed by atoms with Gasteiger partial charge in [-0.3, -0.25) is 0 Å². The average molecular weight is 389 g/mol. The second kappa shape index (κ2) is 6.20. The number of hydrogen-bond acceptors (Lipinski definition) is 3. The van der Waals surface area contributed by atoms with Gasteiger partial charge in [-0.25, -0.2) is 9.07 Å². The molecule has 4 nitrogen and oxygen atoms in total. The van der Waals surface area contributed by atoms with Crippen molar-refractivity contribution in [3.8, 4) is 28.3 Å². The van der Waals surface area contributed by atoms with Gasteiger partial charge in [0.05, 0.1) is 16.2 Å². The molecule has 0 saturated heterocycles. The van der Waals surface area contributed by atoms with Gasteiger partial charge in [0.2, 0.25) is 0 Å². The molecule has 0 aliphatic rings. The smallest absolute Gasteiger partial charge is 0.164 e. The summed E-state index contributed by atoms with van der Waals surface area (Å²) in [5.74, 6) is -1.15.